The summed E-state index contributed by atoms with van der Waals surface area (Å²) in [6.07, 6.45) is 6.01. The molecule has 0 spiro atoms. The Labute approximate surface area is 216 Å². The molecule has 0 aliphatic carbocycles. The van der Waals surface area contributed by atoms with E-state index in [-0.39, 0.29) is 23.9 Å². The van der Waals surface area contributed by atoms with Crippen molar-refractivity contribution < 1.29 is 14.3 Å². The third kappa shape index (κ3) is 5.41. The normalized spacial score (nSPS) is 17.9. The van der Waals surface area contributed by atoms with Crippen molar-refractivity contribution in [3.63, 3.8) is 0 Å². The molecule has 2 amide bonds. The molecule has 4 heterocycles. The van der Waals surface area contributed by atoms with Crippen LogP contribution in [0.3, 0.4) is 0 Å². The van der Waals surface area contributed by atoms with E-state index >= 15 is 0 Å². The summed E-state index contributed by atoms with van der Waals surface area (Å²) < 4.78 is 5.55. The lowest BCUT2D eigenvalue weighted by atomic mass is 10.0. The van der Waals surface area contributed by atoms with E-state index in [1.807, 2.05) is 43.3 Å². The van der Waals surface area contributed by atoms with Crippen LogP contribution in [0.1, 0.15) is 35.7 Å². The topological polar surface area (TPSA) is 99.7 Å². The summed E-state index contributed by atoms with van der Waals surface area (Å²) in [5.41, 5.74) is 3.30. The minimum absolute atomic E-state index is 0.0656. The molecule has 9 nitrogen and oxygen atoms in total. The van der Waals surface area contributed by atoms with Gasteiger partial charge in [0.15, 0.2) is 5.82 Å². The van der Waals surface area contributed by atoms with Crippen LogP contribution in [0.2, 0.25) is 0 Å². The summed E-state index contributed by atoms with van der Waals surface area (Å²) in [5, 5.41) is 6.30. The van der Waals surface area contributed by atoms with Gasteiger partial charge < -0.3 is 25.2 Å². The number of likely N-dealkylation sites (N-methyl/N-ethyl adjacent to an activating group) is 1. The Morgan fingerprint density at radius 2 is 1.89 bits per heavy atom. The zero-order chi connectivity index (χ0) is 25.8. The van der Waals surface area contributed by atoms with E-state index in [0.717, 1.165) is 42.0 Å². The number of nitrogens with one attached hydrogen (secondary N) is 2. The van der Waals surface area contributed by atoms with Crippen LogP contribution in [0.25, 0.3) is 0 Å². The monoisotopic (exact) mass is 500 g/mol. The molecule has 0 saturated carbocycles. The molecule has 2 aliphatic heterocycles. The van der Waals surface area contributed by atoms with Crippen molar-refractivity contribution >= 4 is 34.8 Å². The van der Waals surface area contributed by atoms with Gasteiger partial charge in [-0.25, -0.2) is 4.98 Å². The van der Waals surface area contributed by atoms with Gasteiger partial charge in [-0.3, -0.25) is 14.6 Å². The van der Waals surface area contributed by atoms with Crippen molar-refractivity contribution in [3.05, 3.63) is 72.1 Å². The van der Waals surface area contributed by atoms with Gasteiger partial charge in [-0.2, -0.15) is 0 Å². The number of anilines is 4. The number of amides is 2. The van der Waals surface area contributed by atoms with Gasteiger partial charge in [0.05, 0.1) is 5.69 Å². The van der Waals surface area contributed by atoms with Gasteiger partial charge >= 0.3 is 0 Å². The lowest BCUT2D eigenvalue weighted by Gasteiger charge is -2.44. The Hall–Kier alpha value is -3.98. The molecule has 5 rings (SSSR count). The van der Waals surface area contributed by atoms with Crippen LogP contribution in [-0.2, 0) is 16.0 Å². The highest BCUT2D eigenvalue weighted by Gasteiger charge is 2.39. The second-order valence-electron chi connectivity index (χ2n) is 9.43. The first kappa shape index (κ1) is 24.7. The first-order valence-electron chi connectivity index (χ1n) is 12.7. The van der Waals surface area contributed by atoms with Crippen LogP contribution in [-0.4, -0.2) is 60.7 Å². The van der Waals surface area contributed by atoms with Crippen molar-refractivity contribution in [1.82, 2.24) is 15.3 Å². The van der Waals surface area contributed by atoms with E-state index in [2.05, 4.69) is 20.5 Å². The Morgan fingerprint density at radius 3 is 2.62 bits per heavy atom. The summed E-state index contributed by atoms with van der Waals surface area (Å²) in [7, 11) is 1.80. The highest BCUT2D eigenvalue weighted by molar-refractivity contribution is 6.04. The van der Waals surface area contributed by atoms with Crippen molar-refractivity contribution in [3.8, 4) is 0 Å². The minimum atomic E-state index is -0.292. The van der Waals surface area contributed by atoms with E-state index in [4.69, 9.17) is 9.72 Å². The van der Waals surface area contributed by atoms with Crippen LogP contribution in [0.15, 0.2) is 60.9 Å². The van der Waals surface area contributed by atoms with Crippen molar-refractivity contribution in [1.29, 1.82) is 0 Å². The lowest BCUT2D eigenvalue weighted by Crippen LogP contribution is -2.56. The SMILES string of the molecule is C[C@@H]1C(=O)N(C)c2ccc(Nc3ccc(C(=O)NCCc4cccnc4)cc3)nc2N1C1CCOCC1. The Kier molecular flexibility index (Phi) is 7.32. The highest BCUT2D eigenvalue weighted by atomic mass is 16.5. The average Bonchev–Trinajstić information content (AvgIpc) is 2.93. The number of benzene rings is 1. The molecule has 1 atom stereocenters. The maximum absolute atomic E-state index is 12.9. The molecule has 192 valence electrons. The predicted octanol–water partition coefficient (Wildman–Crippen LogP) is 3.54. The molecule has 0 unspecified atom stereocenters. The van der Waals surface area contributed by atoms with E-state index in [9.17, 15) is 9.59 Å². The number of carbonyl (C=O) groups excluding carboxylic acids is 2. The fourth-order valence-electron chi connectivity index (χ4n) is 4.94. The summed E-state index contributed by atoms with van der Waals surface area (Å²) in [6, 6.07) is 14.9. The molecule has 1 saturated heterocycles. The number of nitrogens with zero attached hydrogens (tertiary/aromatic N) is 4. The number of hydrogen-bond acceptors (Lipinski definition) is 7. The molecule has 2 aliphatic rings. The van der Waals surface area contributed by atoms with Crippen LogP contribution in [0.4, 0.5) is 23.0 Å². The van der Waals surface area contributed by atoms with Crippen LogP contribution < -0.4 is 20.4 Å². The van der Waals surface area contributed by atoms with Crippen molar-refractivity contribution in [2.45, 2.75) is 38.3 Å². The first-order valence-corrected chi connectivity index (χ1v) is 12.7. The predicted molar refractivity (Wildman–Crippen MR) is 143 cm³/mol. The van der Waals surface area contributed by atoms with E-state index in [0.29, 0.717) is 31.1 Å². The number of ether oxygens (including phenoxy) is 1. The third-order valence-corrected chi connectivity index (χ3v) is 6.99. The molecular weight excluding hydrogens is 468 g/mol. The summed E-state index contributed by atoms with van der Waals surface area (Å²) in [5.74, 6) is 1.43. The number of rotatable bonds is 7. The van der Waals surface area contributed by atoms with Crippen molar-refractivity contribution in [2.75, 3.05) is 41.9 Å². The molecule has 1 fully saturated rings. The number of fused-ring (bicyclic) bond motifs is 1. The first-order chi connectivity index (χ1) is 18.0. The van der Waals surface area contributed by atoms with E-state index in [1.165, 1.54) is 0 Å². The molecule has 3 aromatic rings. The molecule has 2 N–H and O–H groups in total. The Morgan fingerprint density at radius 1 is 1.11 bits per heavy atom. The number of pyridine rings is 2. The van der Waals surface area contributed by atoms with E-state index < -0.39 is 0 Å². The highest BCUT2D eigenvalue weighted by Crippen LogP contribution is 2.38. The Balaban J connectivity index is 1.27. The third-order valence-electron chi connectivity index (χ3n) is 6.99. The molecule has 1 aromatic carbocycles. The fourth-order valence-corrected chi connectivity index (χ4v) is 4.94. The minimum Gasteiger partial charge on any atom is -0.381 e. The second kappa shape index (κ2) is 11.0. The van der Waals surface area contributed by atoms with Gasteiger partial charge in [-0.05, 0) is 74.2 Å². The largest absolute Gasteiger partial charge is 0.381 e. The van der Waals surface area contributed by atoms with Crippen LogP contribution in [0.5, 0.6) is 0 Å². The molecule has 0 radical (unpaired) electrons. The summed E-state index contributed by atoms with van der Waals surface area (Å²) >= 11 is 0. The number of carbonyl (C=O) groups is 2. The summed E-state index contributed by atoms with van der Waals surface area (Å²) in [6.45, 7) is 3.87. The molecule has 2 aromatic heterocycles. The second-order valence-corrected chi connectivity index (χ2v) is 9.43. The van der Waals surface area contributed by atoms with Crippen LogP contribution >= 0.6 is 0 Å². The van der Waals surface area contributed by atoms with Crippen LogP contribution in [0, 0.1) is 0 Å². The Bertz CT molecular complexity index is 1240. The quantitative estimate of drug-likeness (QED) is 0.512. The fraction of sp³-hybridized carbons (Fsp3) is 0.357. The maximum Gasteiger partial charge on any atom is 0.251 e. The van der Waals surface area contributed by atoms with Gasteiger partial charge in [0, 0.05) is 56.5 Å². The lowest BCUT2D eigenvalue weighted by molar-refractivity contribution is -0.119. The van der Waals surface area contributed by atoms with E-state index in [1.54, 1.807) is 36.5 Å². The maximum atomic E-state index is 12.9. The zero-order valence-corrected chi connectivity index (χ0v) is 21.2. The van der Waals surface area contributed by atoms with Gasteiger partial charge in [0.2, 0.25) is 5.91 Å². The summed E-state index contributed by atoms with van der Waals surface area (Å²) in [4.78, 5) is 38.3. The molecule has 9 heteroatoms. The standard InChI is InChI=1S/C28H32N6O3/c1-19-28(36)33(2)24-9-10-25(32-26(24)34(19)23-12-16-37-17-13-23)31-22-7-5-21(6-8-22)27(35)30-15-11-20-4-3-14-29-18-20/h3-10,14,18-19,23H,11-13,15-17H2,1-2H3,(H,30,35)(H,31,32)/t19-/m1/s1. The van der Waals surface area contributed by atoms with Gasteiger partial charge in [0.25, 0.3) is 5.91 Å². The molecule has 37 heavy (non-hydrogen) atoms. The smallest absolute Gasteiger partial charge is 0.251 e. The number of aromatic nitrogens is 2. The number of hydrogen-bond donors (Lipinski definition) is 2. The molecule has 0 bridgehead atoms. The average molecular weight is 501 g/mol. The molecular formula is C28H32N6O3. The van der Waals surface area contributed by atoms with Gasteiger partial charge in [0.1, 0.15) is 11.9 Å². The van der Waals surface area contributed by atoms with Crippen molar-refractivity contribution in [2.24, 2.45) is 0 Å². The van der Waals surface area contributed by atoms with Gasteiger partial charge in [-0.1, -0.05) is 6.07 Å². The van der Waals surface area contributed by atoms with Gasteiger partial charge in [-0.15, -0.1) is 0 Å². The zero-order valence-electron chi connectivity index (χ0n) is 21.2.